The molecule has 0 atom stereocenters. The third kappa shape index (κ3) is 3.20. The SMILES string of the molecule is Cc1ccc(-c2ccc(C(=O)Nc3ccncc3)cc2)cc1. The van der Waals surface area contributed by atoms with Crippen LogP contribution in [0, 0.1) is 6.92 Å². The van der Waals surface area contributed by atoms with Gasteiger partial charge in [-0.25, -0.2) is 0 Å². The van der Waals surface area contributed by atoms with Gasteiger partial charge in [-0.05, 0) is 42.3 Å². The largest absolute Gasteiger partial charge is 0.322 e. The molecule has 1 aromatic heterocycles. The van der Waals surface area contributed by atoms with Crippen molar-refractivity contribution < 1.29 is 4.79 Å². The van der Waals surface area contributed by atoms with Crippen molar-refractivity contribution >= 4 is 11.6 Å². The van der Waals surface area contributed by atoms with E-state index in [1.165, 1.54) is 5.56 Å². The lowest BCUT2D eigenvalue weighted by molar-refractivity contribution is 0.102. The first-order valence-electron chi connectivity index (χ1n) is 7.11. The molecule has 1 amide bonds. The fourth-order valence-corrected chi connectivity index (χ4v) is 2.20. The summed E-state index contributed by atoms with van der Waals surface area (Å²) < 4.78 is 0. The Morgan fingerprint density at radius 2 is 1.36 bits per heavy atom. The Labute approximate surface area is 129 Å². The predicted molar refractivity (Wildman–Crippen MR) is 88.8 cm³/mol. The summed E-state index contributed by atoms with van der Waals surface area (Å²) in [5.41, 5.74) is 4.85. The number of benzene rings is 2. The first-order valence-corrected chi connectivity index (χ1v) is 7.11. The molecule has 108 valence electrons. The summed E-state index contributed by atoms with van der Waals surface area (Å²) in [6.45, 7) is 2.07. The maximum atomic E-state index is 12.2. The molecule has 2 aromatic carbocycles. The monoisotopic (exact) mass is 288 g/mol. The van der Waals surface area contributed by atoms with Crippen molar-refractivity contribution in [1.82, 2.24) is 4.98 Å². The van der Waals surface area contributed by atoms with E-state index in [0.29, 0.717) is 5.56 Å². The highest BCUT2D eigenvalue weighted by molar-refractivity contribution is 6.04. The van der Waals surface area contributed by atoms with Crippen molar-refractivity contribution in [2.75, 3.05) is 5.32 Å². The molecule has 3 nitrogen and oxygen atoms in total. The molecule has 0 fully saturated rings. The van der Waals surface area contributed by atoms with Crippen molar-refractivity contribution in [1.29, 1.82) is 0 Å². The zero-order chi connectivity index (χ0) is 15.4. The number of hydrogen-bond acceptors (Lipinski definition) is 2. The Morgan fingerprint density at radius 3 is 1.95 bits per heavy atom. The first kappa shape index (κ1) is 14.0. The van der Waals surface area contributed by atoms with Crippen LogP contribution in [0.5, 0.6) is 0 Å². The molecule has 1 heterocycles. The molecule has 22 heavy (non-hydrogen) atoms. The van der Waals surface area contributed by atoms with Gasteiger partial charge in [0.25, 0.3) is 5.91 Å². The van der Waals surface area contributed by atoms with Crippen LogP contribution in [0.1, 0.15) is 15.9 Å². The van der Waals surface area contributed by atoms with E-state index in [4.69, 9.17) is 0 Å². The molecule has 0 spiro atoms. The number of anilines is 1. The maximum Gasteiger partial charge on any atom is 0.255 e. The molecular weight excluding hydrogens is 272 g/mol. The van der Waals surface area contributed by atoms with Crippen molar-refractivity contribution in [3.8, 4) is 11.1 Å². The smallest absolute Gasteiger partial charge is 0.255 e. The lowest BCUT2D eigenvalue weighted by atomic mass is 10.0. The number of hydrogen-bond donors (Lipinski definition) is 1. The summed E-state index contributed by atoms with van der Waals surface area (Å²) in [6.07, 6.45) is 3.30. The number of nitrogens with one attached hydrogen (secondary N) is 1. The molecular formula is C19H16N2O. The van der Waals surface area contributed by atoms with Crippen LogP contribution in [-0.4, -0.2) is 10.9 Å². The van der Waals surface area contributed by atoms with Crippen LogP contribution in [0.4, 0.5) is 5.69 Å². The minimum absolute atomic E-state index is 0.123. The molecule has 0 unspecified atom stereocenters. The fraction of sp³-hybridized carbons (Fsp3) is 0.0526. The molecule has 0 radical (unpaired) electrons. The second kappa shape index (κ2) is 6.22. The van der Waals surface area contributed by atoms with Gasteiger partial charge in [-0.15, -0.1) is 0 Å². The Bertz CT molecular complexity index is 763. The predicted octanol–water partition coefficient (Wildman–Crippen LogP) is 4.31. The topological polar surface area (TPSA) is 42.0 Å². The van der Waals surface area contributed by atoms with Crippen LogP contribution in [0.3, 0.4) is 0 Å². The summed E-state index contributed by atoms with van der Waals surface area (Å²) in [4.78, 5) is 16.1. The fourth-order valence-electron chi connectivity index (χ4n) is 2.20. The van der Waals surface area contributed by atoms with Gasteiger partial charge >= 0.3 is 0 Å². The van der Waals surface area contributed by atoms with E-state index in [-0.39, 0.29) is 5.91 Å². The number of pyridine rings is 1. The highest BCUT2D eigenvalue weighted by Crippen LogP contribution is 2.20. The van der Waals surface area contributed by atoms with Crippen LogP contribution in [0.2, 0.25) is 0 Å². The van der Waals surface area contributed by atoms with E-state index in [9.17, 15) is 4.79 Å². The van der Waals surface area contributed by atoms with Crippen molar-refractivity contribution in [2.24, 2.45) is 0 Å². The van der Waals surface area contributed by atoms with E-state index >= 15 is 0 Å². The molecule has 0 aliphatic carbocycles. The van der Waals surface area contributed by atoms with Gasteiger partial charge in [0.2, 0.25) is 0 Å². The van der Waals surface area contributed by atoms with Crippen LogP contribution in [-0.2, 0) is 0 Å². The van der Waals surface area contributed by atoms with Gasteiger partial charge in [-0.1, -0.05) is 42.0 Å². The average molecular weight is 288 g/mol. The van der Waals surface area contributed by atoms with E-state index in [0.717, 1.165) is 16.8 Å². The Morgan fingerprint density at radius 1 is 0.818 bits per heavy atom. The van der Waals surface area contributed by atoms with Gasteiger partial charge in [-0.2, -0.15) is 0 Å². The second-order valence-electron chi connectivity index (χ2n) is 5.13. The second-order valence-corrected chi connectivity index (χ2v) is 5.13. The zero-order valence-electron chi connectivity index (χ0n) is 12.3. The molecule has 0 aliphatic rings. The lowest BCUT2D eigenvalue weighted by Crippen LogP contribution is -2.11. The van der Waals surface area contributed by atoms with Crippen LogP contribution in [0.25, 0.3) is 11.1 Å². The summed E-state index contributed by atoms with van der Waals surface area (Å²) >= 11 is 0. The Balaban J connectivity index is 1.76. The summed E-state index contributed by atoms with van der Waals surface area (Å²) in [5, 5.41) is 2.85. The molecule has 3 heteroatoms. The average Bonchev–Trinajstić information content (AvgIpc) is 2.57. The maximum absolute atomic E-state index is 12.2. The van der Waals surface area contributed by atoms with Gasteiger partial charge in [0.05, 0.1) is 0 Å². The highest BCUT2D eigenvalue weighted by atomic mass is 16.1. The number of carbonyl (C=O) groups is 1. The van der Waals surface area contributed by atoms with E-state index < -0.39 is 0 Å². The van der Waals surface area contributed by atoms with Gasteiger partial charge in [0.1, 0.15) is 0 Å². The molecule has 0 saturated carbocycles. The van der Waals surface area contributed by atoms with Crippen molar-refractivity contribution in [3.05, 3.63) is 84.2 Å². The van der Waals surface area contributed by atoms with E-state index in [1.54, 1.807) is 24.5 Å². The summed E-state index contributed by atoms with van der Waals surface area (Å²) in [7, 11) is 0. The third-order valence-corrected chi connectivity index (χ3v) is 3.47. The van der Waals surface area contributed by atoms with Crippen LogP contribution >= 0.6 is 0 Å². The van der Waals surface area contributed by atoms with Gasteiger partial charge in [0.15, 0.2) is 0 Å². The number of amides is 1. The van der Waals surface area contributed by atoms with E-state index in [2.05, 4.69) is 41.5 Å². The quantitative estimate of drug-likeness (QED) is 0.780. The minimum Gasteiger partial charge on any atom is -0.322 e. The van der Waals surface area contributed by atoms with E-state index in [1.807, 2.05) is 24.3 Å². The normalized spacial score (nSPS) is 10.2. The number of aromatic nitrogens is 1. The standard InChI is InChI=1S/C19H16N2O/c1-14-2-4-15(5-3-14)16-6-8-17(9-7-16)19(22)21-18-10-12-20-13-11-18/h2-13H,1H3,(H,20,21,22). The van der Waals surface area contributed by atoms with Crippen molar-refractivity contribution in [3.63, 3.8) is 0 Å². The minimum atomic E-state index is -0.123. The Kier molecular flexibility index (Phi) is 3.97. The number of aryl methyl sites for hydroxylation is 1. The van der Waals surface area contributed by atoms with Crippen LogP contribution < -0.4 is 5.32 Å². The first-order chi connectivity index (χ1) is 10.7. The molecule has 3 aromatic rings. The molecule has 0 saturated heterocycles. The summed E-state index contributed by atoms with van der Waals surface area (Å²) in [6, 6.07) is 19.5. The van der Waals surface area contributed by atoms with Crippen molar-refractivity contribution in [2.45, 2.75) is 6.92 Å². The van der Waals surface area contributed by atoms with Gasteiger partial charge in [0, 0.05) is 23.6 Å². The third-order valence-electron chi connectivity index (χ3n) is 3.47. The zero-order valence-corrected chi connectivity index (χ0v) is 12.3. The van der Waals surface area contributed by atoms with Crippen LogP contribution in [0.15, 0.2) is 73.1 Å². The summed E-state index contributed by atoms with van der Waals surface area (Å²) in [5.74, 6) is -0.123. The molecule has 1 N–H and O–H groups in total. The molecule has 0 aliphatic heterocycles. The highest BCUT2D eigenvalue weighted by Gasteiger charge is 2.06. The number of rotatable bonds is 3. The van der Waals surface area contributed by atoms with Gasteiger partial charge < -0.3 is 5.32 Å². The Hall–Kier alpha value is -2.94. The number of carbonyl (C=O) groups excluding carboxylic acids is 1. The number of nitrogens with zero attached hydrogens (tertiary/aromatic N) is 1. The van der Waals surface area contributed by atoms with Gasteiger partial charge in [-0.3, -0.25) is 9.78 Å². The lowest BCUT2D eigenvalue weighted by Gasteiger charge is -2.06. The molecule has 3 rings (SSSR count). The molecule has 0 bridgehead atoms.